The van der Waals surface area contributed by atoms with Crippen LogP contribution in [0.25, 0.3) is 0 Å². The minimum absolute atomic E-state index is 0.303. The van der Waals surface area contributed by atoms with Crippen LogP contribution in [0.4, 0.5) is 16.2 Å². The van der Waals surface area contributed by atoms with Gasteiger partial charge in [0.25, 0.3) is 0 Å². The Morgan fingerprint density at radius 3 is 3.06 bits per heavy atom. The molecule has 4 heteroatoms. The van der Waals surface area contributed by atoms with Crippen molar-refractivity contribution in [2.75, 3.05) is 30.4 Å². The van der Waals surface area contributed by atoms with E-state index in [0.29, 0.717) is 6.54 Å². The lowest BCUT2D eigenvalue weighted by Gasteiger charge is -2.21. The van der Waals surface area contributed by atoms with Gasteiger partial charge in [-0.3, -0.25) is 4.90 Å². The van der Waals surface area contributed by atoms with E-state index in [0.717, 1.165) is 24.3 Å². The third kappa shape index (κ3) is 1.71. The minimum Gasteiger partial charge on any atom is -0.452 e. The maximum atomic E-state index is 11.6. The highest BCUT2D eigenvalue weighted by Gasteiger charge is 2.21. The van der Waals surface area contributed by atoms with E-state index in [1.807, 2.05) is 25.1 Å². The Bertz CT molecular complexity index is 404. The normalized spacial score (nSPS) is 12.9. The van der Waals surface area contributed by atoms with Gasteiger partial charge < -0.3 is 10.1 Å². The number of fused-ring (bicyclic) bond motifs is 1. The van der Waals surface area contributed by atoms with Crippen molar-refractivity contribution in [3.8, 4) is 0 Å². The Balaban J connectivity index is 2.39. The first kappa shape index (κ1) is 10.8. The Hall–Kier alpha value is -1.71. The summed E-state index contributed by atoms with van der Waals surface area (Å²) in [6.07, 6.45) is 0.654. The molecule has 0 saturated carbocycles. The Morgan fingerprint density at radius 2 is 2.38 bits per heavy atom. The number of carbonyl (C=O) groups excluding carboxylic acids is 1. The number of benzene rings is 1. The molecule has 0 fully saturated rings. The number of ether oxygens (including phenoxy) is 1. The van der Waals surface area contributed by atoms with Gasteiger partial charge in [0, 0.05) is 24.3 Å². The summed E-state index contributed by atoms with van der Waals surface area (Å²) < 4.78 is 4.78. The number of hydrogen-bond acceptors (Lipinski definition) is 3. The molecule has 1 amide bonds. The topological polar surface area (TPSA) is 41.6 Å². The number of nitrogens with one attached hydrogen (secondary N) is 1. The van der Waals surface area contributed by atoms with Crippen molar-refractivity contribution < 1.29 is 9.53 Å². The number of amides is 1. The van der Waals surface area contributed by atoms with E-state index in [2.05, 4.69) is 5.32 Å². The standard InChI is InChI=1S/C12H16N2O2/c1-3-14(12(15)16-2)11-6-4-5-10-9(11)7-8-13-10/h4-6,13H,3,7-8H2,1-2H3. The molecule has 4 nitrogen and oxygen atoms in total. The van der Waals surface area contributed by atoms with E-state index in [1.54, 1.807) is 4.90 Å². The summed E-state index contributed by atoms with van der Waals surface area (Å²) in [6.45, 7) is 3.49. The highest BCUT2D eigenvalue weighted by molar-refractivity contribution is 5.90. The van der Waals surface area contributed by atoms with Crippen LogP contribution in [0.3, 0.4) is 0 Å². The lowest BCUT2D eigenvalue weighted by molar-refractivity contribution is 0.179. The van der Waals surface area contributed by atoms with E-state index in [4.69, 9.17) is 4.74 Å². The molecule has 0 bridgehead atoms. The van der Waals surface area contributed by atoms with Crippen LogP contribution in [-0.4, -0.2) is 26.3 Å². The predicted molar refractivity (Wildman–Crippen MR) is 64.1 cm³/mol. The van der Waals surface area contributed by atoms with Crippen molar-refractivity contribution in [1.29, 1.82) is 0 Å². The van der Waals surface area contributed by atoms with Gasteiger partial charge in [0.05, 0.1) is 12.8 Å². The molecule has 0 spiro atoms. The van der Waals surface area contributed by atoms with E-state index in [-0.39, 0.29) is 6.09 Å². The first-order valence-corrected chi connectivity index (χ1v) is 5.49. The van der Waals surface area contributed by atoms with Crippen molar-refractivity contribution in [3.63, 3.8) is 0 Å². The summed E-state index contributed by atoms with van der Waals surface area (Å²) in [7, 11) is 1.41. The van der Waals surface area contributed by atoms with Gasteiger partial charge in [-0.2, -0.15) is 0 Å². The lowest BCUT2D eigenvalue weighted by Crippen LogP contribution is -2.31. The second kappa shape index (κ2) is 4.43. The summed E-state index contributed by atoms with van der Waals surface area (Å²) in [4.78, 5) is 13.3. The molecule has 0 radical (unpaired) electrons. The highest BCUT2D eigenvalue weighted by atomic mass is 16.5. The van der Waals surface area contributed by atoms with Gasteiger partial charge in [0.1, 0.15) is 0 Å². The van der Waals surface area contributed by atoms with Gasteiger partial charge >= 0.3 is 6.09 Å². The van der Waals surface area contributed by atoms with Crippen molar-refractivity contribution >= 4 is 17.5 Å². The fourth-order valence-corrected chi connectivity index (χ4v) is 2.09. The third-order valence-corrected chi connectivity index (χ3v) is 2.84. The van der Waals surface area contributed by atoms with Crippen LogP contribution in [0.5, 0.6) is 0 Å². The van der Waals surface area contributed by atoms with Crippen molar-refractivity contribution in [1.82, 2.24) is 0 Å². The summed E-state index contributed by atoms with van der Waals surface area (Å²) >= 11 is 0. The molecular formula is C12H16N2O2. The molecule has 16 heavy (non-hydrogen) atoms. The highest BCUT2D eigenvalue weighted by Crippen LogP contribution is 2.31. The molecule has 0 saturated heterocycles. The number of rotatable bonds is 2. The molecule has 1 aromatic carbocycles. The zero-order chi connectivity index (χ0) is 11.5. The van der Waals surface area contributed by atoms with Crippen molar-refractivity contribution in [3.05, 3.63) is 23.8 Å². The molecule has 86 valence electrons. The van der Waals surface area contributed by atoms with Crippen molar-refractivity contribution in [2.45, 2.75) is 13.3 Å². The lowest BCUT2D eigenvalue weighted by atomic mass is 10.1. The largest absolute Gasteiger partial charge is 0.452 e. The summed E-state index contributed by atoms with van der Waals surface area (Å²) in [5.74, 6) is 0. The molecule has 1 heterocycles. The molecule has 0 unspecified atom stereocenters. The van der Waals surface area contributed by atoms with Gasteiger partial charge in [-0.25, -0.2) is 4.79 Å². The maximum absolute atomic E-state index is 11.6. The molecule has 1 aliphatic rings. The quantitative estimate of drug-likeness (QED) is 0.831. The average molecular weight is 220 g/mol. The van der Waals surface area contributed by atoms with Crippen LogP contribution in [-0.2, 0) is 11.2 Å². The zero-order valence-electron chi connectivity index (χ0n) is 9.62. The molecular weight excluding hydrogens is 204 g/mol. The molecule has 1 aromatic rings. The fourth-order valence-electron chi connectivity index (χ4n) is 2.09. The fraction of sp³-hybridized carbons (Fsp3) is 0.417. The Kier molecular flexibility index (Phi) is 2.99. The van der Waals surface area contributed by atoms with Gasteiger partial charge in [0.15, 0.2) is 0 Å². The van der Waals surface area contributed by atoms with E-state index in [1.165, 1.54) is 12.7 Å². The van der Waals surface area contributed by atoms with Crippen LogP contribution in [0.1, 0.15) is 12.5 Å². The third-order valence-electron chi connectivity index (χ3n) is 2.84. The van der Waals surface area contributed by atoms with E-state index in [9.17, 15) is 4.79 Å². The van der Waals surface area contributed by atoms with Crippen LogP contribution < -0.4 is 10.2 Å². The number of anilines is 2. The Labute approximate surface area is 95.2 Å². The molecule has 0 atom stereocenters. The van der Waals surface area contributed by atoms with Gasteiger partial charge in [-0.15, -0.1) is 0 Å². The second-order valence-corrected chi connectivity index (χ2v) is 3.69. The van der Waals surface area contributed by atoms with Crippen LogP contribution in [0.2, 0.25) is 0 Å². The van der Waals surface area contributed by atoms with Crippen LogP contribution >= 0.6 is 0 Å². The number of carbonyl (C=O) groups is 1. The summed E-state index contributed by atoms with van der Waals surface area (Å²) in [5.41, 5.74) is 3.28. The number of nitrogens with zero attached hydrogens (tertiary/aromatic N) is 1. The Morgan fingerprint density at radius 1 is 1.56 bits per heavy atom. The SMILES string of the molecule is CCN(C(=O)OC)c1cccc2c1CCN2. The average Bonchev–Trinajstić information content (AvgIpc) is 2.78. The van der Waals surface area contributed by atoms with Crippen LogP contribution in [0.15, 0.2) is 18.2 Å². The first-order chi connectivity index (χ1) is 7.77. The van der Waals surface area contributed by atoms with E-state index < -0.39 is 0 Å². The number of methoxy groups -OCH3 is 1. The summed E-state index contributed by atoms with van der Waals surface area (Å²) in [6, 6.07) is 5.96. The van der Waals surface area contributed by atoms with Gasteiger partial charge in [-0.05, 0) is 25.5 Å². The maximum Gasteiger partial charge on any atom is 0.413 e. The zero-order valence-corrected chi connectivity index (χ0v) is 9.62. The molecule has 1 N–H and O–H groups in total. The molecule has 1 aliphatic heterocycles. The smallest absolute Gasteiger partial charge is 0.413 e. The van der Waals surface area contributed by atoms with Crippen molar-refractivity contribution in [2.24, 2.45) is 0 Å². The monoisotopic (exact) mass is 220 g/mol. The van der Waals surface area contributed by atoms with Crippen LogP contribution in [0, 0.1) is 0 Å². The minimum atomic E-state index is -0.303. The van der Waals surface area contributed by atoms with E-state index >= 15 is 0 Å². The number of hydrogen-bond donors (Lipinski definition) is 1. The van der Waals surface area contributed by atoms with Gasteiger partial charge in [-0.1, -0.05) is 6.07 Å². The van der Waals surface area contributed by atoms with Gasteiger partial charge in [0.2, 0.25) is 0 Å². The molecule has 0 aromatic heterocycles. The molecule has 0 aliphatic carbocycles. The first-order valence-electron chi connectivity index (χ1n) is 5.49. The summed E-state index contributed by atoms with van der Waals surface area (Å²) in [5, 5.41) is 3.30. The molecule has 2 rings (SSSR count). The second-order valence-electron chi connectivity index (χ2n) is 3.69. The predicted octanol–water partition coefficient (Wildman–Crippen LogP) is 2.25.